The highest BCUT2D eigenvalue weighted by atomic mass is 35.5. The van der Waals surface area contributed by atoms with Crippen LogP contribution < -0.4 is 15.0 Å². The number of hydrogen-bond donors (Lipinski definition) is 1. The molecule has 3 rings (SSSR count). The molecule has 0 spiro atoms. The molecule has 1 heterocycles. The molecule has 0 bridgehead atoms. The number of hydrogen-bond acceptors (Lipinski definition) is 4. The Balaban J connectivity index is 1.51. The monoisotopic (exact) mass is 432 g/mol. The van der Waals surface area contributed by atoms with Gasteiger partial charge in [-0.05, 0) is 42.5 Å². The van der Waals surface area contributed by atoms with Gasteiger partial charge < -0.3 is 19.9 Å². The minimum Gasteiger partial charge on any atom is -0.495 e. The summed E-state index contributed by atoms with van der Waals surface area (Å²) in [6.45, 7) is 3.42. The number of amides is 1. The lowest BCUT2D eigenvalue weighted by Crippen LogP contribution is -2.52. The Hall–Kier alpha value is -2.35. The minimum absolute atomic E-state index is 0.0778. The fourth-order valence-electron chi connectivity index (χ4n) is 3.17. The molecule has 1 fully saturated rings. The number of carbonyl (C=O) groups excluding carboxylic acids is 1. The highest BCUT2D eigenvalue weighted by Gasteiger charge is 2.22. The van der Waals surface area contributed by atoms with E-state index in [0.717, 1.165) is 37.6 Å². The molecule has 8 heteroatoms. The van der Waals surface area contributed by atoms with Gasteiger partial charge in [0.15, 0.2) is 5.11 Å². The van der Waals surface area contributed by atoms with Crippen LogP contribution in [0.15, 0.2) is 48.5 Å². The highest BCUT2D eigenvalue weighted by Crippen LogP contribution is 2.28. The van der Waals surface area contributed by atoms with Crippen LogP contribution in [0.1, 0.15) is 0 Å². The van der Waals surface area contributed by atoms with Gasteiger partial charge in [-0.25, -0.2) is 0 Å². The summed E-state index contributed by atoms with van der Waals surface area (Å²) >= 11 is 11.6. The van der Waals surface area contributed by atoms with Gasteiger partial charge in [-0.3, -0.25) is 9.69 Å². The van der Waals surface area contributed by atoms with Crippen molar-refractivity contribution >= 4 is 46.2 Å². The topological polar surface area (TPSA) is 48.1 Å². The van der Waals surface area contributed by atoms with E-state index in [2.05, 4.69) is 15.1 Å². The third kappa shape index (κ3) is 5.59. The van der Waals surface area contributed by atoms with Gasteiger partial charge in [-0.15, -0.1) is 0 Å². The molecule has 2 aromatic carbocycles. The maximum absolute atomic E-state index is 12.6. The molecule has 1 aliphatic rings. The van der Waals surface area contributed by atoms with Gasteiger partial charge in [-0.2, -0.15) is 0 Å². The van der Waals surface area contributed by atoms with Gasteiger partial charge in [0.2, 0.25) is 5.91 Å². The van der Waals surface area contributed by atoms with Crippen molar-refractivity contribution in [3.8, 4) is 5.75 Å². The van der Waals surface area contributed by atoms with Gasteiger partial charge in [0, 0.05) is 43.9 Å². The molecule has 0 radical (unpaired) electrons. The van der Waals surface area contributed by atoms with E-state index in [1.54, 1.807) is 30.2 Å². The molecule has 1 N–H and O–H groups in total. The van der Waals surface area contributed by atoms with E-state index in [0.29, 0.717) is 22.4 Å². The summed E-state index contributed by atoms with van der Waals surface area (Å²) < 4.78 is 5.36. The lowest BCUT2D eigenvalue weighted by Gasteiger charge is -2.36. The third-order valence-electron chi connectivity index (χ3n) is 4.94. The van der Waals surface area contributed by atoms with Crippen molar-refractivity contribution in [2.75, 3.05) is 57.1 Å². The number of ether oxygens (including phenoxy) is 1. The van der Waals surface area contributed by atoms with Crippen molar-refractivity contribution in [3.05, 3.63) is 53.6 Å². The number of rotatable bonds is 5. The standard InChI is InChI=1S/C21H25ClN4O2S/c1-24(17-6-4-3-5-7-17)20(27)15-25-10-12-26(13-11-25)21(29)23-18-14-16(22)8-9-19(18)28-2/h3-9,14H,10-13,15H2,1-2H3,(H,23,29). The first-order valence-corrected chi connectivity index (χ1v) is 10.2. The fraction of sp³-hybridized carbons (Fsp3) is 0.333. The Bertz CT molecular complexity index is 857. The number of nitrogens with one attached hydrogen (secondary N) is 1. The number of para-hydroxylation sites is 1. The number of carbonyl (C=O) groups is 1. The Morgan fingerprint density at radius 1 is 1.17 bits per heavy atom. The second-order valence-corrected chi connectivity index (χ2v) is 7.65. The maximum Gasteiger partial charge on any atom is 0.240 e. The number of nitrogens with zero attached hydrogens (tertiary/aromatic N) is 3. The Morgan fingerprint density at radius 3 is 2.52 bits per heavy atom. The lowest BCUT2D eigenvalue weighted by molar-refractivity contribution is -0.119. The summed E-state index contributed by atoms with van der Waals surface area (Å²) in [6.07, 6.45) is 0. The van der Waals surface area contributed by atoms with Gasteiger partial charge >= 0.3 is 0 Å². The minimum atomic E-state index is 0.0778. The average Bonchev–Trinajstić information content (AvgIpc) is 2.74. The molecular weight excluding hydrogens is 408 g/mol. The van der Waals surface area contributed by atoms with E-state index in [1.807, 2.05) is 37.4 Å². The van der Waals surface area contributed by atoms with Crippen molar-refractivity contribution in [1.29, 1.82) is 0 Å². The van der Waals surface area contributed by atoms with E-state index in [-0.39, 0.29) is 5.91 Å². The van der Waals surface area contributed by atoms with Crippen molar-refractivity contribution in [2.45, 2.75) is 0 Å². The maximum atomic E-state index is 12.6. The molecule has 2 aromatic rings. The number of halogens is 1. The second kappa shape index (κ2) is 9.91. The summed E-state index contributed by atoms with van der Waals surface area (Å²) in [4.78, 5) is 18.5. The highest BCUT2D eigenvalue weighted by molar-refractivity contribution is 7.80. The molecule has 0 saturated carbocycles. The van der Waals surface area contributed by atoms with Crippen LogP contribution in [-0.4, -0.2) is 67.7 Å². The van der Waals surface area contributed by atoms with Crippen LogP contribution in [0.25, 0.3) is 0 Å². The van der Waals surface area contributed by atoms with Crippen LogP contribution in [0.2, 0.25) is 5.02 Å². The average molecular weight is 433 g/mol. The van der Waals surface area contributed by atoms with E-state index >= 15 is 0 Å². The van der Waals surface area contributed by atoms with Crippen LogP contribution in [0.5, 0.6) is 5.75 Å². The van der Waals surface area contributed by atoms with E-state index < -0.39 is 0 Å². The number of methoxy groups -OCH3 is 1. The number of anilines is 2. The third-order valence-corrected chi connectivity index (χ3v) is 5.53. The van der Waals surface area contributed by atoms with Crippen LogP contribution in [-0.2, 0) is 4.79 Å². The molecule has 1 amide bonds. The first-order valence-electron chi connectivity index (χ1n) is 9.41. The fourth-order valence-corrected chi connectivity index (χ4v) is 3.64. The van der Waals surface area contributed by atoms with Crippen LogP contribution in [0, 0.1) is 0 Å². The van der Waals surface area contributed by atoms with Crippen molar-refractivity contribution < 1.29 is 9.53 Å². The lowest BCUT2D eigenvalue weighted by atomic mass is 10.2. The molecule has 0 unspecified atom stereocenters. The molecule has 0 aromatic heterocycles. The zero-order chi connectivity index (χ0) is 20.8. The van der Waals surface area contributed by atoms with Gasteiger partial charge in [0.1, 0.15) is 5.75 Å². The number of benzene rings is 2. The first kappa shape index (κ1) is 21.4. The number of piperazine rings is 1. The Kier molecular flexibility index (Phi) is 7.30. The smallest absolute Gasteiger partial charge is 0.240 e. The molecule has 0 atom stereocenters. The summed E-state index contributed by atoms with van der Waals surface area (Å²) in [7, 11) is 3.42. The zero-order valence-electron chi connectivity index (χ0n) is 16.6. The molecule has 1 saturated heterocycles. The largest absolute Gasteiger partial charge is 0.495 e. The van der Waals surface area contributed by atoms with E-state index in [4.69, 9.17) is 28.6 Å². The first-order chi connectivity index (χ1) is 14.0. The summed E-state index contributed by atoms with van der Waals surface area (Å²) in [5.74, 6) is 0.763. The van der Waals surface area contributed by atoms with Crippen molar-refractivity contribution in [1.82, 2.24) is 9.80 Å². The summed E-state index contributed by atoms with van der Waals surface area (Å²) in [6, 6.07) is 15.0. The Labute approximate surface area is 182 Å². The van der Waals surface area contributed by atoms with Gasteiger partial charge in [0.25, 0.3) is 0 Å². The van der Waals surface area contributed by atoms with Crippen molar-refractivity contribution in [2.24, 2.45) is 0 Å². The van der Waals surface area contributed by atoms with Crippen LogP contribution in [0.4, 0.5) is 11.4 Å². The van der Waals surface area contributed by atoms with E-state index in [1.165, 1.54) is 0 Å². The van der Waals surface area contributed by atoms with E-state index in [9.17, 15) is 4.79 Å². The predicted molar refractivity (Wildman–Crippen MR) is 122 cm³/mol. The van der Waals surface area contributed by atoms with Crippen molar-refractivity contribution in [3.63, 3.8) is 0 Å². The molecule has 154 valence electrons. The van der Waals surface area contributed by atoms with Gasteiger partial charge in [-0.1, -0.05) is 29.8 Å². The molecular formula is C21H25ClN4O2S. The summed E-state index contributed by atoms with van der Waals surface area (Å²) in [5, 5.41) is 4.46. The van der Waals surface area contributed by atoms with Crippen LogP contribution in [0.3, 0.4) is 0 Å². The Morgan fingerprint density at radius 2 is 1.86 bits per heavy atom. The quantitative estimate of drug-likeness (QED) is 0.731. The molecule has 6 nitrogen and oxygen atoms in total. The molecule has 1 aliphatic heterocycles. The van der Waals surface area contributed by atoms with Gasteiger partial charge in [0.05, 0.1) is 19.3 Å². The number of likely N-dealkylation sites (N-methyl/N-ethyl adjacent to an activating group) is 1. The second-order valence-electron chi connectivity index (χ2n) is 6.83. The molecule has 29 heavy (non-hydrogen) atoms. The predicted octanol–water partition coefficient (Wildman–Crippen LogP) is 3.33. The zero-order valence-corrected chi connectivity index (χ0v) is 18.2. The molecule has 0 aliphatic carbocycles. The van der Waals surface area contributed by atoms with Crippen LogP contribution >= 0.6 is 23.8 Å². The summed E-state index contributed by atoms with van der Waals surface area (Å²) in [5.41, 5.74) is 1.64. The number of thiocarbonyl (C=S) groups is 1. The SMILES string of the molecule is COc1ccc(Cl)cc1NC(=S)N1CCN(CC(=O)N(C)c2ccccc2)CC1. The normalized spacial score (nSPS) is 14.4.